The second kappa shape index (κ2) is 4.88. The molecule has 0 aliphatic rings. The first kappa shape index (κ1) is 12.1. The van der Waals surface area contributed by atoms with E-state index < -0.39 is 0 Å². The zero-order valence-corrected chi connectivity index (χ0v) is 11.3. The van der Waals surface area contributed by atoms with Crippen molar-refractivity contribution < 1.29 is 0 Å². The molecular weight excluding hydrogens is 228 g/mol. The Morgan fingerprint density at radius 3 is 2.65 bits per heavy atom. The second-order valence-corrected chi connectivity index (χ2v) is 5.60. The molecule has 0 aliphatic carbocycles. The fourth-order valence-corrected chi connectivity index (χ4v) is 2.75. The van der Waals surface area contributed by atoms with E-state index in [9.17, 15) is 0 Å². The number of nitrogens with two attached hydrogens (primary N) is 1. The Kier molecular flexibility index (Phi) is 3.48. The molecular formula is C14H18N2S. The minimum absolute atomic E-state index is 0.481. The molecule has 0 saturated carbocycles. The van der Waals surface area contributed by atoms with E-state index in [4.69, 9.17) is 5.73 Å². The van der Waals surface area contributed by atoms with Gasteiger partial charge in [0.2, 0.25) is 0 Å². The first-order chi connectivity index (χ1) is 8.08. The predicted molar refractivity (Wildman–Crippen MR) is 74.6 cm³/mol. The van der Waals surface area contributed by atoms with Crippen molar-refractivity contribution >= 4 is 17.0 Å². The van der Waals surface area contributed by atoms with E-state index in [1.807, 2.05) is 5.51 Å². The Hall–Kier alpha value is -1.35. The molecule has 17 heavy (non-hydrogen) atoms. The van der Waals surface area contributed by atoms with Crippen molar-refractivity contribution in [2.45, 2.75) is 33.1 Å². The van der Waals surface area contributed by atoms with Gasteiger partial charge in [0.1, 0.15) is 0 Å². The van der Waals surface area contributed by atoms with Crippen LogP contribution in [0.15, 0.2) is 23.7 Å². The zero-order chi connectivity index (χ0) is 12.4. The van der Waals surface area contributed by atoms with Gasteiger partial charge in [-0.2, -0.15) is 0 Å². The van der Waals surface area contributed by atoms with E-state index in [0.717, 1.165) is 17.8 Å². The monoisotopic (exact) mass is 246 g/mol. The smallest absolute Gasteiger partial charge is 0.0797 e. The van der Waals surface area contributed by atoms with Crippen LogP contribution in [0.5, 0.6) is 0 Å². The van der Waals surface area contributed by atoms with Gasteiger partial charge in [-0.1, -0.05) is 26.0 Å². The Morgan fingerprint density at radius 2 is 2.12 bits per heavy atom. The van der Waals surface area contributed by atoms with Gasteiger partial charge in [-0.3, -0.25) is 0 Å². The standard InChI is InChI=1S/C14H18N2S/c1-9(2)12-5-4-11(6-13(12)15)7-14-10(3)16-8-17-14/h4-6,8-9H,7,15H2,1-3H3. The van der Waals surface area contributed by atoms with Crippen molar-refractivity contribution in [3.05, 3.63) is 45.4 Å². The summed E-state index contributed by atoms with van der Waals surface area (Å²) in [6, 6.07) is 6.41. The van der Waals surface area contributed by atoms with Crippen LogP contribution in [-0.2, 0) is 6.42 Å². The summed E-state index contributed by atoms with van der Waals surface area (Å²) in [4.78, 5) is 5.59. The molecule has 0 spiro atoms. The molecule has 0 bridgehead atoms. The molecule has 2 nitrogen and oxygen atoms in total. The summed E-state index contributed by atoms with van der Waals surface area (Å²) in [6.45, 7) is 6.38. The van der Waals surface area contributed by atoms with Crippen LogP contribution in [0, 0.1) is 6.92 Å². The number of benzene rings is 1. The number of hydrogen-bond donors (Lipinski definition) is 1. The number of nitrogens with zero attached hydrogens (tertiary/aromatic N) is 1. The molecule has 1 aromatic heterocycles. The van der Waals surface area contributed by atoms with Gasteiger partial charge in [0, 0.05) is 17.0 Å². The molecule has 2 N–H and O–H groups in total. The Labute approximate surface area is 107 Å². The predicted octanol–water partition coefficient (Wildman–Crippen LogP) is 3.75. The van der Waals surface area contributed by atoms with Crippen LogP contribution in [0.4, 0.5) is 5.69 Å². The summed E-state index contributed by atoms with van der Waals surface area (Å²) in [7, 11) is 0. The molecule has 2 aromatic rings. The Bertz CT molecular complexity index is 515. The van der Waals surface area contributed by atoms with E-state index in [2.05, 4.69) is 44.0 Å². The van der Waals surface area contributed by atoms with Gasteiger partial charge in [-0.15, -0.1) is 11.3 Å². The van der Waals surface area contributed by atoms with Crippen LogP contribution in [0.2, 0.25) is 0 Å². The maximum absolute atomic E-state index is 6.08. The quantitative estimate of drug-likeness (QED) is 0.838. The highest BCUT2D eigenvalue weighted by atomic mass is 32.1. The number of thiazole rings is 1. The largest absolute Gasteiger partial charge is 0.398 e. The van der Waals surface area contributed by atoms with Gasteiger partial charge >= 0.3 is 0 Å². The van der Waals surface area contributed by atoms with E-state index in [1.54, 1.807) is 11.3 Å². The van der Waals surface area contributed by atoms with Crippen molar-refractivity contribution in [1.29, 1.82) is 0 Å². The minimum Gasteiger partial charge on any atom is -0.398 e. The lowest BCUT2D eigenvalue weighted by Gasteiger charge is -2.11. The molecule has 0 atom stereocenters. The number of aryl methyl sites for hydroxylation is 1. The molecule has 1 aromatic carbocycles. The highest BCUT2D eigenvalue weighted by Crippen LogP contribution is 2.25. The fraction of sp³-hybridized carbons (Fsp3) is 0.357. The summed E-state index contributed by atoms with van der Waals surface area (Å²) in [5.41, 5.74) is 12.5. The third kappa shape index (κ3) is 2.67. The third-order valence-electron chi connectivity index (χ3n) is 2.98. The van der Waals surface area contributed by atoms with Crippen molar-refractivity contribution in [2.75, 3.05) is 5.73 Å². The number of hydrogen-bond acceptors (Lipinski definition) is 3. The average Bonchev–Trinajstić information content (AvgIpc) is 2.64. The van der Waals surface area contributed by atoms with E-state index >= 15 is 0 Å². The van der Waals surface area contributed by atoms with Crippen LogP contribution in [0.25, 0.3) is 0 Å². The van der Waals surface area contributed by atoms with E-state index in [0.29, 0.717) is 5.92 Å². The zero-order valence-electron chi connectivity index (χ0n) is 10.5. The van der Waals surface area contributed by atoms with Crippen LogP contribution < -0.4 is 5.73 Å². The van der Waals surface area contributed by atoms with Gasteiger partial charge in [0.15, 0.2) is 0 Å². The second-order valence-electron chi connectivity index (χ2n) is 4.66. The van der Waals surface area contributed by atoms with Gasteiger partial charge in [-0.25, -0.2) is 4.98 Å². The Balaban J connectivity index is 2.24. The molecule has 0 aliphatic heterocycles. The first-order valence-electron chi connectivity index (χ1n) is 5.85. The average molecular weight is 246 g/mol. The van der Waals surface area contributed by atoms with Gasteiger partial charge in [-0.05, 0) is 30.0 Å². The molecule has 0 fully saturated rings. The third-order valence-corrected chi connectivity index (χ3v) is 3.92. The summed E-state index contributed by atoms with van der Waals surface area (Å²) in [6.07, 6.45) is 0.930. The lowest BCUT2D eigenvalue weighted by Crippen LogP contribution is -1.98. The topological polar surface area (TPSA) is 38.9 Å². The van der Waals surface area contributed by atoms with Crippen molar-refractivity contribution in [3.63, 3.8) is 0 Å². The molecule has 90 valence electrons. The Morgan fingerprint density at radius 1 is 1.35 bits per heavy atom. The maximum Gasteiger partial charge on any atom is 0.0797 e. The summed E-state index contributed by atoms with van der Waals surface area (Å²) >= 11 is 1.71. The molecule has 2 rings (SSSR count). The minimum atomic E-state index is 0.481. The van der Waals surface area contributed by atoms with E-state index in [1.165, 1.54) is 16.0 Å². The highest BCUT2D eigenvalue weighted by molar-refractivity contribution is 7.09. The van der Waals surface area contributed by atoms with Crippen LogP contribution in [-0.4, -0.2) is 4.98 Å². The molecule has 0 unspecified atom stereocenters. The fourth-order valence-electron chi connectivity index (χ4n) is 1.94. The summed E-state index contributed by atoms with van der Waals surface area (Å²) in [5.74, 6) is 0.481. The van der Waals surface area contributed by atoms with Gasteiger partial charge in [0.25, 0.3) is 0 Å². The summed E-state index contributed by atoms with van der Waals surface area (Å²) in [5, 5.41) is 0. The maximum atomic E-state index is 6.08. The summed E-state index contributed by atoms with van der Waals surface area (Å²) < 4.78 is 0. The molecule has 0 saturated heterocycles. The van der Waals surface area contributed by atoms with Crippen LogP contribution in [0.1, 0.15) is 41.5 Å². The lowest BCUT2D eigenvalue weighted by atomic mass is 9.98. The molecule has 0 radical (unpaired) electrons. The number of anilines is 1. The van der Waals surface area contributed by atoms with Crippen LogP contribution >= 0.6 is 11.3 Å². The van der Waals surface area contributed by atoms with Crippen molar-refractivity contribution in [1.82, 2.24) is 4.98 Å². The lowest BCUT2D eigenvalue weighted by molar-refractivity contribution is 0.869. The SMILES string of the molecule is Cc1ncsc1Cc1ccc(C(C)C)c(N)c1. The van der Waals surface area contributed by atoms with E-state index in [-0.39, 0.29) is 0 Å². The number of aromatic nitrogens is 1. The molecule has 1 heterocycles. The first-order valence-corrected chi connectivity index (χ1v) is 6.73. The van der Waals surface area contributed by atoms with Gasteiger partial charge in [0.05, 0.1) is 11.2 Å². The number of nitrogen functional groups attached to an aromatic ring is 1. The normalized spacial score (nSPS) is 11.1. The van der Waals surface area contributed by atoms with Crippen molar-refractivity contribution in [3.8, 4) is 0 Å². The molecule has 0 amide bonds. The highest BCUT2D eigenvalue weighted by Gasteiger charge is 2.07. The van der Waals surface area contributed by atoms with Crippen molar-refractivity contribution in [2.24, 2.45) is 0 Å². The van der Waals surface area contributed by atoms with Crippen LogP contribution in [0.3, 0.4) is 0 Å². The molecule has 3 heteroatoms. The number of rotatable bonds is 3. The van der Waals surface area contributed by atoms with Gasteiger partial charge < -0.3 is 5.73 Å².